The van der Waals surface area contributed by atoms with E-state index in [1.165, 1.54) is 0 Å². The zero-order valence-electron chi connectivity index (χ0n) is 4.35. The number of carbonyl (C=O) groups is 1. The van der Waals surface area contributed by atoms with Gasteiger partial charge in [0.25, 0.3) is 0 Å². The molecule has 0 fully saturated rings. The number of halogens is 1. The summed E-state index contributed by atoms with van der Waals surface area (Å²) < 4.78 is 4.17. The third-order valence-corrected chi connectivity index (χ3v) is 1.79. The Kier molecular flexibility index (Phi) is 4.97. The van der Waals surface area contributed by atoms with Crippen LogP contribution in [-0.2, 0) is 8.56 Å². The summed E-state index contributed by atoms with van der Waals surface area (Å²) in [6.45, 7) is 0. The van der Waals surface area contributed by atoms with Crippen molar-refractivity contribution in [2.24, 2.45) is 5.73 Å². The van der Waals surface area contributed by atoms with E-state index in [-0.39, 0.29) is 5.97 Å². The summed E-state index contributed by atoms with van der Waals surface area (Å²) in [5.74, 6) is 1.57. The Labute approximate surface area is 68.3 Å². The first-order chi connectivity index (χ1) is 3.68. The normalized spacial score (nSPS) is 12.9. The SMILES string of the molecule is [CH3][Ge][O]C(=O)C(N)I. The van der Waals surface area contributed by atoms with Crippen LogP contribution >= 0.6 is 22.6 Å². The second-order valence-corrected chi connectivity index (χ2v) is 3.65. The number of hydrogen-bond donors (Lipinski definition) is 1. The van der Waals surface area contributed by atoms with E-state index in [1.807, 2.05) is 28.3 Å². The van der Waals surface area contributed by atoms with Crippen LogP contribution < -0.4 is 5.73 Å². The van der Waals surface area contributed by atoms with Gasteiger partial charge in [-0.25, -0.2) is 0 Å². The molecule has 1 atom stereocenters. The van der Waals surface area contributed by atoms with Gasteiger partial charge in [-0.05, 0) is 0 Å². The summed E-state index contributed by atoms with van der Waals surface area (Å²) in [7, 11) is 0. The predicted molar refractivity (Wildman–Crippen MR) is 39.7 cm³/mol. The number of nitrogens with two attached hydrogens (primary N) is 1. The second kappa shape index (κ2) is 4.57. The molecule has 0 aliphatic heterocycles. The quantitative estimate of drug-likeness (QED) is 0.334. The second-order valence-electron chi connectivity index (χ2n) is 1.03. The Balaban J connectivity index is 3.33. The Morgan fingerprint density at radius 2 is 2.50 bits per heavy atom. The van der Waals surface area contributed by atoms with Gasteiger partial charge in [0.15, 0.2) is 0 Å². The van der Waals surface area contributed by atoms with Gasteiger partial charge in [-0.2, -0.15) is 0 Å². The van der Waals surface area contributed by atoms with Crippen LogP contribution in [0, 0.1) is 0 Å². The van der Waals surface area contributed by atoms with Crippen molar-refractivity contribution in [1.82, 2.24) is 0 Å². The zero-order chi connectivity index (χ0) is 6.57. The molecule has 0 saturated carbocycles. The molecular weight excluding hydrogens is 282 g/mol. The minimum absolute atomic E-state index is 0.298. The Hall–Kier alpha value is 0.703. The molecule has 8 heavy (non-hydrogen) atoms. The predicted octanol–water partition coefficient (Wildman–Crippen LogP) is -0.0833. The Morgan fingerprint density at radius 1 is 2.00 bits per heavy atom. The van der Waals surface area contributed by atoms with Gasteiger partial charge in [-0.15, -0.1) is 0 Å². The molecule has 0 aromatic rings. The fraction of sp³-hybridized carbons (Fsp3) is 0.667. The summed E-state index contributed by atoms with van der Waals surface area (Å²) in [4.78, 5) is 10.4. The molecule has 0 aromatic carbocycles. The third kappa shape index (κ3) is 3.67. The van der Waals surface area contributed by atoms with Gasteiger partial charge < -0.3 is 0 Å². The van der Waals surface area contributed by atoms with E-state index in [1.54, 1.807) is 0 Å². The van der Waals surface area contributed by atoms with Gasteiger partial charge in [0.2, 0.25) is 0 Å². The van der Waals surface area contributed by atoms with Crippen molar-refractivity contribution in [2.75, 3.05) is 0 Å². The van der Waals surface area contributed by atoms with Crippen LogP contribution in [0.5, 0.6) is 0 Å². The molecule has 2 N–H and O–H groups in total. The Bertz CT molecular complexity index is 87.4. The summed E-state index contributed by atoms with van der Waals surface area (Å²) in [6, 6.07) is 0. The molecule has 1 unspecified atom stereocenters. The van der Waals surface area contributed by atoms with Gasteiger partial charge in [0, 0.05) is 0 Å². The maximum absolute atomic E-state index is 10.4. The standard InChI is InChI=1S/C3H6GeINO2/c1-4-8-3(7)2(5)6/h2H,6H2,1H3. The van der Waals surface area contributed by atoms with Crippen molar-refractivity contribution in [3.8, 4) is 0 Å². The molecule has 0 spiro atoms. The van der Waals surface area contributed by atoms with Crippen molar-refractivity contribution >= 4 is 44.3 Å². The average molecular weight is 288 g/mol. The molecule has 0 heterocycles. The molecule has 0 aliphatic rings. The first kappa shape index (κ1) is 8.70. The monoisotopic (exact) mass is 289 g/mol. The third-order valence-electron chi connectivity index (χ3n) is 0.428. The van der Waals surface area contributed by atoms with Gasteiger partial charge in [-0.3, -0.25) is 0 Å². The Morgan fingerprint density at radius 3 is 2.62 bits per heavy atom. The number of rotatable bonds is 2. The van der Waals surface area contributed by atoms with Crippen molar-refractivity contribution < 1.29 is 8.56 Å². The molecule has 0 bridgehead atoms. The first-order valence-corrected chi connectivity index (χ1v) is 6.15. The van der Waals surface area contributed by atoms with E-state index in [9.17, 15) is 4.79 Å². The van der Waals surface area contributed by atoms with Crippen LogP contribution in [0.1, 0.15) is 0 Å². The van der Waals surface area contributed by atoms with Gasteiger partial charge in [0.1, 0.15) is 0 Å². The topological polar surface area (TPSA) is 52.3 Å². The van der Waals surface area contributed by atoms with E-state index in [2.05, 4.69) is 3.76 Å². The first-order valence-electron chi connectivity index (χ1n) is 1.95. The van der Waals surface area contributed by atoms with Gasteiger partial charge in [0.05, 0.1) is 0 Å². The number of carbonyl (C=O) groups excluding carboxylic acids is 1. The van der Waals surface area contributed by atoms with Crippen molar-refractivity contribution in [3.05, 3.63) is 0 Å². The number of alkyl halides is 1. The molecule has 0 aromatic heterocycles. The molecule has 5 heteroatoms. The van der Waals surface area contributed by atoms with E-state index < -0.39 is 19.8 Å². The summed E-state index contributed by atoms with van der Waals surface area (Å²) in [5.41, 5.74) is 5.15. The van der Waals surface area contributed by atoms with E-state index in [0.717, 1.165) is 0 Å². The van der Waals surface area contributed by atoms with Crippen molar-refractivity contribution in [2.45, 2.75) is 9.80 Å². The van der Waals surface area contributed by atoms with Gasteiger partial charge in [-0.1, -0.05) is 0 Å². The van der Waals surface area contributed by atoms with Gasteiger partial charge >= 0.3 is 68.4 Å². The van der Waals surface area contributed by atoms with Crippen LogP contribution in [0.15, 0.2) is 0 Å². The molecular formula is C3H6GeINO2. The molecule has 0 saturated heterocycles. The molecule has 0 rings (SSSR count). The van der Waals surface area contributed by atoms with Crippen LogP contribution in [0.25, 0.3) is 0 Å². The fourth-order valence-electron chi connectivity index (χ4n) is 0.157. The van der Waals surface area contributed by atoms with Crippen molar-refractivity contribution in [1.29, 1.82) is 0 Å². The number of hydrogen-bond acceptors (Lipinski definition) is 3. The zero-order valence-corrected chi connectivity index (χ0v) is 8.60. The van der Waals surface area contributed by atoms with Crippen molar-refractivity contribution in [3.63, 3.8) is 0 Å². The summed E-state index contributed by atoms with van der Waals surface area (Å²) >= 11 is 1.31. The summed E-state index contributed by atoms with van der Waals surface area (Å²) in [5, 5.41) is 0. The van der Waals surface area contributed by atoms with Crippen LogP contribution in [0.4, 0.5) is 0 Å². The molecule has 0 aliphatic carbocycles. The van der Waals surface area contributed by atoms with E-state index >= 15 is 0 Å². The van der Waals surface area contributed by atoms with Crippen LogP contribution in [0.2, 0.25) is 5.76 Å². The molecule has 46 valence electrons. The molecule has 2 radical (unpaired) electrons. The minimum atomic E-state index is -0.510. The van der Waals surface area contributed by atoms with Crippen LogP contribution in [-0.4, -0.2) is 25.8 Å². The summed E-state index contributed by atoms with van der Waals surface area (Å²) in [6.07, 6.45) is 0. The van der Waals surface area contributed by atoms with E-state index in [0.29, 0.717) is 0 Å². The molecule has 0 amide bonds. The average Bonchev–Trinajstić information content (AvgIpc) is 1.67. The maximum atomic E-state index is 10.4. The fourth-order valence-corrected chi connectivity index (χ4v) is 1.48. The van der Waals surface area contributed by atoms with Crippen LogP contribution in [0.3, 0.4) is 0 Å². The van der Waals surface area contributed by atoms with E-state index in [4.69, 9.17) is 5.73 Å². The molecule has 3 nitrogen and oxygen atoms in total.